The molecule has 0 aliphatic carbocycles. The van der Waals surface area contributed by atoms with E-state index in [0.29, 0.717) is 31.9 Å². The van der Waals surface area contributed by atoms with Crippen molar-refractivity contribution in [1.29, 1.82) is 0 Å². The first-order chi connectivity index (χ1) is 11.3. The van der Waals surface area contributed by atoms with Crippen molar-refractivity contribution in [3.8, 4) is 11.1 Å². The summed E-state index contributed by atoms with van der Waals surface area (Å²) >= 11 is 0. The Bertz CT molecular complexity index is 702. The van der Waals surface area contributed by atoms with Crippen LogP contribution in [0.15, 0.2) is 30.6 Å². The minimum absolute atomic E-state index is 0.395. The number of anilines is 2. The van der Waals surface area contributed by atoms with E-state index in [1.165, 1.54) is 4.90 Å². The van der Waals surface area contributed by atoms with Gasteiger partial charge in [-0.3, -0.25) is 9.58 Å². The molecule has 24 heavy (non-hydrogen) atoms. The predicted molar refractivity (Wildman–Crippen MR) is 87.8 cm³/mol. The lowest BCUT2D eigenvalue weighted by Crippen LogP contribution is -2.49. The van der Waals surface area contributed by atoms with E-state index in [1.54, 1.807) is 10.9 Å². The molecule has 1 aliphatic heterocycles. The van der Waals surface area contributed by atoms with E-state index in [0.717, 1.165) is 16.8 Å². The molecule has 1 aromatic heterocycles. The van der Waals surface area contributed by atoms with Crippen LogP contribution in [-0.2, 0) is 7.05 Å². The summed E-state index contributed by atoms with van der Waals surface area (Å²) in [5.74, 6) is 0. The second-order valence-corrected chi connectivity index (χ2v) is 6.05. The number of nitrogens with zero attached hydrogens (tertiary/aromatic N) is 4. The van der Waals surface area contributed by atoms with Gasteiger partial charge in [-0.1, -0.05) is 0 Å². The van der Waals surface area contributed by atoms with Crippen LogP contribution < -0.4 is 10.6 Å². The van der Waals surface area contributed by atoms with Crippen molar-refractivity contribution in [3.63, 3.8) is 0 Å². The van der Waals surface area contributed by atoms with Crippen LogP contribution in [0.3, 0.4) is 0 Å². The minimum Gasteiger partial charge on any atom is -0.398 e. The summed E-state index contributed by atoms with van der Waals surface area (Å²) in [6, 6.07) is 5.72. The van der Waals surface area contributed by atoms with Crippen LogP contribution in [0.4, 0.5) is 24.5 Å². The maximum absolute atomic E-state index is 12.5. The molecule has 5 nitrogen and oxygen atoms in total. The second-order valence-electron chi connectivity index (χ2n) is 6.05. The molecule has 0 saturated carbocycles. The lowest BCUT2D eigenvalue weighted by molar-refractivity contribution is -0.146. The molecule has 0 amide bonds. The molecule has 0 spiro atoms. The number of hydrogen-bond donors (Lipinski definition) is 1. The summed E-state index contributed by atoms with van der Waals surface area (Å²) in [5.41, 5.74) is 9.50. The Morgan fingerprint density at radius 1 is 1.17 bits per heavy atom. The summed E-state index contributed by atoms with van der Waals surface area (Å²) in [6.45, 7) is 1.07. The Morgan fingerprint density at radius 3 is 2.46 bits per heavy atom. The number of benzene rings is 1. The third-order valence-electron chi connectivity index (χ3n) is 4.19. The molecule has 0 unspecified atom stereocenters. The van der Waals surface area contributed by atoms with Gasteiger partial charge in [0.05, 0.1) is 12.7 Å². The Labute approximate surface area is 138 Å². The summed E-state index contributed by atoms with van der Waals surface area (Å²) in [4.78, 5) is 3.53. The first-order valence-electron chi connectivity index (χ1n) is 7.74. The molecular weight excluding hydrogens is 319 g/mol. The van der Waals surface area contributed by atoms with Gasteiger partial charge in [-0.2, -0.15) is 18.3 Å². The normalized spacial score (nSPS) is 16.6. The van der Waals surface area contributed by atoms with E-state index in [1.807, 2.05) is 31.4 Å². The molecule has 0 bridgehead atoms. The Hall–Kier alpha value is -2.22. The molecule has 8 heteroatoms. The molecule has 3 rings (SSSR count). The largest absolute Gasteiger partial charge is 0.401 e. The van der Waals surface area contributed by atoms with E-state index >= 15 is 0 Å². The fourth-order valence-corrected chi connectivity index (χ4v) is 2.97. The summed E-state index contributed by atoms with van der Waals surface area (Å²) < 4.78 is 39.1. The van der Waals surface area contributed by atoms with Gasteiger partial charge in [-0.15, -0.1) is 0 Å². The van der Waals surface area contributed by atoms with E-state index in [4.69, 9.17) is 5.73 Å². The van der Waals surface area contributed by atoms with Gasteiger partial charge >= 0.3 is 6.18 Å². The number of alkyl halides is 3. The molecular formula is C16H20F3N5. The Balaban J connectivity index is 1.72. The second kappa shape index (κ2) is 6.35. The van der Waals surface area contributed by atoms with Gasteiger partial charge in [0.1, 0.15) is 0 Å². The number of aryl methyl sites for hydroxylation is 1. The fraction of sp³-hybridized carbons (Fsp3) is 0.438. The van der Waals surface area contributed by atoms with E-state index in [2.05, 4.69) is 10.00 Å². The maximum atomic E-state index is 12.5. The fourth-order valence-electron chi connectivity index (χ4n) is 2.97. The van der Waals surface area contributed by atoms with Crippen molar-refractivity contribution < 1.29 is 13.2 Å². The van der Waals surface area contributed by atoms with Crippen LogP contribution in [0.2, 0.25) is 0 Å². The third kappa shape index (κ3) is 3.81. The third-order valence-corrected chi connectivity index (χ3v) is 4.19. The van der Waals surface area contributed by atoms with Crippen molar-refractivity contribution >= 4 is 11.4 Å². The quantitative estimate of drug-likeness (QED) is 0.872. The smallest absolute Gasteiger partial charge is 0.398 e. The van der Waals surface area contributed by atoms with Crippen LogP contribution >= 0.6 is 0 Å². The molecule has 1 fully saturated rings. The lowest BCUT2D eigenvalue weighted by Gasteiger charge is -2.36. The lowest BCUT2D eigenvalue weighted by atomic mass is 10.1. The molecule has 2 N–H and O–H groups in total. The van der Waals surface area contributed by atoms with Gasteiger partial charge in [0, 0.05) is 61.9 Å². The van der Waals surface area contributed by atoms with Gasteiger partial charge in [0.25, 0.3) is 0 Å². The monoisotopic (exact) mass is 339 g/mol. The van der Waals surface area contributed by atoms with E-state index < -0.39 is 12.7 Å². The zero-order valence-corrected chi connectivity index (χ0v) is 13.4. The molecule has 0 radical (unpaired) electrons. The van der Waals surface area contributed by atoms with Crippen molar-refractivity contribution in [2.24, 2.45) is 7.05 Å². The van der Waals surface area contributed by atoms with Crippen LogP contribution in [0, 0.1) is 0 Å². The molecule has 2 aromatic rings. The van der Waals surface area contributed by atoms with E-state index in [9.17, 15) is 13.2 Å². The van der Waals surface area contributed by atoms with Crippen molar-refractivity contribution in [1.82, 2.24) is 14.7 Å². The van der Waals surface area contributed by atoms with Gasteiger partial charge in [0.15, 0.2) is 0 Å². The highest BCUT2D eigenvalue weighted by molar-refractivity contribution is 5.79. The number of piperazine rings is 1. The first-order valence-corrected chi connectivity index (χ1v) is 7.74. The number of nitrogen functional groups attached to an aromatic ring is 1. The summed E-state index contributed by atoms with van der Waals surface area (Å²) in [6.07, 6.45) is -0.510. The Morgan fingerprint density at radius 2 is 1.88 bits per heavy atom. The van der Waals surface area contributed by atoms with Crippen LogP contribution in [0.1, 0.15) is 0 Å². The summed E-state index contributed by atoms with van der Waals surface area (Å²) in [5, 5.41) is 4.15. The van der Waals surface area contributed by atoms with Gasteiger partial charge in [-0.25, -0.2) is 0 Å². The number of hydrogen-bond acceptors (Lipinski definition) is 4. The zero-order chi connectivity index (χ0) is 17.3. The topological polar surface area (TPSA) is 50.3 Å². The van der Waals surface area contributed by atoms with Crippen molar-refractivity contribution in [2.75, 3.05) is 43.4 Å². The Kier molecular flexibility index (Phi) is 4.40. The van der Waals surface area contributed by atoms with Gasteiger partial charge in [0.2, 0.25) is 0 Å². The SMILES string of the molecule is Cn1cc(-c2cc(N3CCN(CC(F)(F)F)CC3)ccc2N)cn1. The first kappa shape index (κ1) is 16.6. The van der Waals surface area contributed by atoms with Gasteiger partial charge in [-0.05, 0) is 18.2 Å². The maximum Gasteiger partial charge on any atom is 0.401 e. The highest BCUT2D eigenvalue weighted by Crippen LogP contribution is 2.30. The average Bonchev–Trinajstić information content (AvgIpc) is 2.93. The number of halogens is 3. The molecule has 0 atom stereocenters. The number of nitrogens with two attached hydrogens (primary N) is 1. The molecule has 2 heterocycles. The van der Waals surface area contributed by atoms with Crippen molar-refractivity contribution in [2.45, 2.75) is 6.18 Å². The number of rotatable bonds is 3. The zero-order valence-electron chi connectivity index (χ0n) is 13.4. The summed E-state index contributed by atoms with van der Waals surface area (Å²) in [7, 11) is 1.84. The standard InChI is InChI=1S/C16H20F3N5/c1-22-10-12(9-21-22)14-8-13(2-3-15(14)20)24-6-4-23(5-7-24)11-16(17,18)19/h2-3,8-10H,4-7,11,20H2,1H3. The highest BCUT2D eigenvalue weighted by Gasteiger charge is 2.32. The van der Waals surface area contributed by atoms with Crippen molar-refractivity contribution in [3.05, 3.63) is 30.6 Å². The van der Waals surface area contributed by atoms with Crippen LogP contribution in [0.25, 0.3) is 11.1 Å². The minimum atomic E-state index is -4.14. The molecule has 1 saturated heterocycles. The average molecular weight is 339 g/mol. The number of aromatic nitrogens is 2. The predicted octanol–water partition coefficient (Wildman–Crippen LogP) is 2.35. The van der Waals surface area contributed by atoms with Crippen LogP contribution in [0.5, 0.6) is 0 Å². The molecule has 1 aromatic carbocycles. The molecule has 130 valence electrons. The van der Waals surface area contributed by atoms with E-state index in [-0.39, 0.29) is 0 Å². The highest BCUT2D eigenvalue weighted by atomic mass is 19.4. The van der Waals surface area contributed by atoms with Gasteiger partial charge < -0.3 is 10.6 Å². The molecule has 1 aliphatic rings. The van der Waals surface area contributed by atoms with Crippen LogP contribution in [-0.4, -0.2) is 53.6 Å².